The summed E-state index contributed by atoms with van der Waals surface area (Å²) in [5.41, 5.74) is 3.23. The third-order valence-electron chi connectivity index (χ3n) is 3.62. The van der Waals surface area contributed by atoms with Gasteiger partial charge in [-0.1, -0.05) is 33.2 Å². The SMILES string of the molecule is Cc1noc(O)c1C(c1cccc(Br)c1)c1c(O)n[nH]c1C. The summed E-state index contributed by atoms with van der Waals surface area (Å²) >= 11 is 3.44. The lowest BCUT2D eigenvalue weighted by Crippen LogP contribution is -2.05. The maximum atomic E-state index is 10.1. The molecule has 2 heterocycles. The van der Waals surface area contributed by atoms with Crippen LogP contribution in [0.4, 0.5) is 0 Å². The van der Waals surface area contributed by atoms with Crippen LogP contribution in [0.15, 0.2) is 33.3 Å². The van der Waals surface area contributed by atoms with E-state index < -0.39 is 5.92 Å². The largest absolute Gasteiger partial charge is 0.492 e. The third-order valence-corrected chi connectivity index (χ3v) is 4.12. The molecule has 0 bridgehead atoms. The molecule has 0 saturated heterocycles. The number of halogens is 1. The second-order valence-electron chi connectivity index (χ2n) is 5.06. The Bertz CT molecular complexity index is 740. The van der Waals surface area contributed by atoms with Crippen LogP contribution in [-0.4, -0.2) is 25.6 Å². The zero-order valence-electron chi connectivity index (χ0n) is 12.0. The van der Waals surface area contributed by atoms with Crippen molar-refractivity contribution < 1.29 is 14.7 Å². The monoisotopic (exact) mass is 363 g/mol. The van der Waals surface area contributed by atoms with Crippen molar-refractivity contribution in [2.45, 2.75) is 19.8 Å². The number of aromatic hydroxyl groups is 2. The van der Waals surface area contributed by atoms with Crippen LogP contribution < -0.4 is 0 Å². The number of aromatic amines is 1. The number of nitrogens with one attached hydrogen (secondary N) is 1. The van der Waals surface area contributed by atoms with Gasteiger partial charge in [-0.25, -0.2) is 0 Å². The molecule has 1 atom stereocenters. The number of H-pyrrole nitrogens is 1. The van der Waals surface area contributed by atoms with Gasteiger partial charge in [0, 0.05) is 15.7 Å². The Hall–Kier alpha value is -2.28. The van der Waals surface area contributed by atoms with Crippen molar-refractivity contribution in [3.8, 4) is 11.8 Å². The molecule has 0 saturated carbocycles. The van der Waals surface area contributed by atoms with E-state index in [1.807, 2.05) is 31.2 Å². The van der Waals surface area contributed by atoms with E-state index in [-0.39, 0.29) is 11.8 Å². The summed E-state index contributed by atoms with van der Waals surface area (Å²) in [5.74, 6) is -0.813. The van der Waals surface area contributed by atoms with Crippen LogP contribution in [0.2, 0.25) is 0 Å². The molecule has 114 valence electrons. The van der Waals surface area contributed by atoms with E-state index in [4.69, 9.17) is 4.52 Å². The fourth-order valence-corrected chi connectivity index (χ4v) is 3.05. The minimum atomic E-state index is -0.442. The van der Waals surface area contributed by atoms with Crippen LogP contribution in [0.3, 0.4) is 0 Å². The summed E-state index contributed by atoms with van der Waals surface area (Å²) in [6.45, 7) is 3.56. The quantitative estimate of drug-likeness (QED) is 0.662. The molecule has 0 amide bonds. The lowest BCUT2D eigenvalue weighted by atomic mass is 9.85. The van der Waals surface area contributed by atoms with E-state index in [1.165, 1.54) is 0 Å². The Kier molecular flexibility index (Phi) is 3.66. The van der Waals surface area contributed by atoms with Crippen LogP contribution in [0.1, 0.15) is 34.0 Å². The first-order valence-electron chi connectivity index (χ1n) is 6.63. The Balaban J connectivity index is 2.28. The van der Waals surface area contributed by atoms with Gasteiger partial charge in [-0.2, -0.15) is 0 Å². The highest BCUT2D eigenvalue weighted by Crippen LogP contribution is 2.42. The molecule has 0 aliphatic carbocycles. The van der Waals surface area contributed by atoms with Crippen molar-refractivity contribution in [1.82, 2.24) is 15.4 Å². The molecule has 3 aromatic rings. The first-order chi connectivity index (χ1) is 10.5. The van der Waals surface area contributed by atoms with Gasteiger partial charge in [0.25, 0.3) is 0 Å². The first-order valence-corrected chi connectivity index (χ1v) is 7.42. The lowest BCUT2D eigenvalue weighted by molar-refractivity contribution is 0.273. The van der Waals surface area contributed by atoms with Gasteiger partial charge in [-0.15, -0.1) is 5.10 Å². The van der Waals surface area contributed by atoms with Crippen molar-refractivity contribution in [3.05, 3.63) is 56.8 Å². The Morgan fingerprint density at radius 3 is 2.55 bits per heavy atom. The van der Waals surface area contributed by atoms with Gasteiger partial charge in [0.1, 0.15) is 0 Å². The number of hydrogen-bond acceptors (Lipinski definition) is 5. The molecule has 0 radical (unpaired) electrons. The second-order valence-corrected chi connectivity index (χ2v) is 5.98. The summed E-state index contributed by atoms with van der Waals surface area (Å²) in [6.07, 6.45) is 0. The van der Waals surface area contributed by atoms with E-state index in [2.05, 4.69) is 31.3 Å². The normalized spacial score (nSPS) is 12.5. The van der Waals surface area contributed by atoms with Gasteiger partial charge in [-0.3, -0.25) is 5.10 Å². The van der Waals surface area contributed by atoms with Gasteiger partial charge < -0.3 is 14.7 Å². The summed E-state index contributed by atoms with van der Waals surface area (Å²) in [5, 5.41) is 30.6. The van der Waals surface area contributed by atoms with Crippen LogP contribution in [0.25, 0.3) is 0 Å². The van der Waals surface area contributed by atoms with E-state index in [1.54, 1.807) is 6.92 Å². The van der Waals surface area contributed by atoms with Crippen LogP contribution in [-0.2, 0) is 0 Å². The summed E-state index contributed by atoms with van der Waals surface area (Å²) < 4.78 is 5.78. The molecule has 1 unspecified atom stereocenters. The van der Waals surface area contributed by atoms with E-state index in [0.717, 1.165) is 10.0 Å². The molecule has 0 aliphatic rings. The fourth-order valence-electron chi connectivity index (χ4n) is 2.63. The van der Waals surface area contributed by atoms with Crippen LogP contribution in [0, 0.1) is 13.8 Å². The summed E-state index contributed by atoms with van der Waals surface area (Å²) in [7, 11) is 0. The van der Waals surface area contributed by atoms with Crippen molar-refractivity contribution in [1.29, 1.82) is 0 Å². The number of hydrogen-bond donors (Lipinski definition) is 3. The molecular weight excluding hydrogens is 350 g/mol. The molecule has 0 fully saturated rings. The van der Waals surface area contributed by atoms with Crippen molar-refractivity contribution >= 4 is 15.9 Å². The Morgan fingerprint density at radius 2 is 2.00 bits per heavy atom. The Labute approximate surface area is 134 Å². The van der Waals surface area contributed by atoms with Crippen LogP contribution in [0.5, 0.6) is 11.8 Å². The number of benzene rings is 1. The maximum Gasteiger partial charge on any atom is 0.313 e. The zero-order chi connectivity index (χ0) is 15.9. The molecule has 2 aromatic heterocycles. The van der Waals surface area contributed by atoms with Crippen molar-refractivity contribution in [3.63, 3.8) is 0 Å². The molecule has 0 spiro atoms. The van der Waals surface area contributed by atoms with Crippen molar-refractivity contribution in [2.24, 2.45) is 0 Å². The number of aryl methyl sites for hydroxylation is 2. The number of nitrogens with zero attached hydrogens (tertiary/aromatic N) is 2. The number of rotatable bonds is 3. The minimum absolute atomic E-state index is 0.109. The smallest absolute Gasteiger partial charge is 0.313 e. The lowest BCUT2D eigenvalue weighted by Gasteiger charge is -2.17. The molecule has 22 heavy (non-hydrogen) atoms. The molecule has 0 aliphatic heterocycles. The molecule has 6 nitrogen and oxygen atoms in total. The predicted molar refractivity (Wildman–Crippen MR) is 83.0 cm³/mol. The average molecular weight is 364 g/mol. The van der Waals surface area contributed by atoms with Gasteiger partial charge in [0.15, 0.2) is 0 Å². The topological polar surface area (TPSA) is 95.2 Å². The highest BCUT2D eigenvalue weighted by atomic mass is 79.9. The summed E-state index contributed by atoms with van der Waals surface area (Å²) in [6, 6.07) is 7.62. The van der Waals surface area contributed by atoms with Gasteiger partial charge >= 0.3 is 5.95 Å². The van der Waals surface area contributed by atoms with E-state index in [0.29, 0.717) is 22.5 Å². The van der Waals surface area contributed by atoms with E-state index >= 15 is 0 Å². The zero-order valence-corrected chi connectivity index (χ0v) is 13.5. The highest BCUT2D eigenvalue weighted by molar-refractivity contribution is 9.10. The van der Waals surface area contributed by atoms with E-state index in [9.17, 15) is 10.2 Å². The van der Waals surface area contributed by atoms with Gasteiger partial charge in [0.05, 0.1) is 17.2 Å². The van der Waals surface area contributed by atoms with Crippen molar-refractivity contribution in [2.75, 3.05) is 0 Å². The highest BCUT2D eigenvalue weighted by Gasteiger charge is 2.31. The molecular formula is C15H14BrN3O3. The van der Waals surface area contributed by atoms with Crippen LogP contribution >= 0.6 is 15.9 Å². The standard InChI is InChI=1S/C15H14BrN3O3/c1-7-11(14(20)18-17-7)13(9-4-3-5-10(16)6-9)12-8(2)19-22-15(12)21/h3-6,13,21H,1-2H3,(H2,17,18,20). The molecule has 1 aromatic carbocycles. The minimum Gasteiger partial charge on any atom is -0.492 e. The molecule has 7 heteroatoms. The summed E-state index contributed by atoms with van der Waals surface area (Å²) in [4.78, 5) is 0. The first kappa shape index (κ1) is 14.6. The molecule has 3 rings (SSSR count). The predicted octanol–water partition coefficient (Wildman–Crippen LogP) is 3.37. The van der Waals surface area contributed by atoms with Gasteiger partial charge in [-0.05, 0) is 31.5 Å². The fraction of sp³-hybridized carbons (Fsp3) is 0.200. The second kappa shape index (κ2) is 5.49. The maximum absolute atomic E-state index is 10.1. The average Bonchev–Trinajstić information content (AvgIpc) is 2.97. The Morgan fingerprint density at radius 1 is 1.23 bits per heavy atom. The van der Waals surface area contributed by atoms with Gasteiger partial charge in [0.2, 0.25) is 5.88 Å². The third kappa shape index (κ3) is 2.37. The molecule has 3 N–H and O–H groups in total. The number of aromatic nitrogens is 3.